The van der Waals surface area contributed by atoms with Crippen LogP contribution in [-0.2, 0) is 4.79 Å². The van der Waals surface area contributed by atoms with Crippen LogP contribution in [0, 0.1) is 6.92 Å². The van der Waals surface area contributed by atoms with E-state index in [4.69, 9.17) is 16.3 Å². The number of nitrogens with zero attached hydrogens (tertiary/aromatic N) is 1. The number of nitrogens with one attached hydrogen (secondary N) is 1. The minimum Gasteiger partial charge on any atom is -0.484 e. The Labute approximate surface area is 149 Å². The van der Waals surface area contributed by atoms with Crippen molar-refractivity contribution in [2.75, 3.05) is 11.9 Å². The number of anilines is 1. The zero-order valence-electron chi connectivity index (χ0n) is 13.0. The second-order valence-corrected chi connectivity index (χ2v) is 6.44. The second kappa shape index (κ2) is 7.47. The van der Waals surface area contributed by atoms with Crippen molar-refractivity contribution in [3.63, 3.8) is 0 Å². The number of hydrogen-bond acceptors (Lipinski definition) is 4. The monoisotopic (exact) mass is 358 g/mol. The van der Waals surface area contributed by atoms with Crippen molar-refractivity contribution in [3.8, 4) is 17.0 Å². The maximum absolute atomic E-state index is 12.0. The molecule has 0 atom stereocenters. The van der Waals surface area contributed by atoms with Gasteiger partial charge in [-0.2, -0.15) is 0 Å². The Kier molecular flexibility index (Phi) is 5.13. The molecule has 0 aliphatic carbocycles. The lowest BCUT2D eigenvalue weighted by molar-refractivity contribution is -0.118. The highest BCUT2D eigenvalue weighted by atomic mass is 35.5. The van der Waals surface area contributed by atoms with Gasteiger partial charge in [-0.25, -0.2) is 4.98 Å². The van der Waals surface area contributed by atoms with E-state index in [1.807, 2.05) is 60.8 Å². The molecule has 0 radical (unpaired) electrons. The van der Waals surface area contributed by atoms with Gasteiger partial charge >= 0.3 is 0 Å². The number of thiazole rings is 1. The van der Waals surface area contributed by atoms with E-state index < -0.39 is 0 Å². The average molecular weight is 359 g/mol. The molecule has 4 nitrogen and oxygen atoms in total. The van der Waals surface area contributed by atoms with Crippen molar-refractivity contribution in [2.45, 2.75) is 6.92 Å². The van der Waals surface area contributed by atoms with Gasteiger partial charge < -0.3 is 4.74 Å². The molecule has 3 aromatic rings. The van der Waals surface area contributed by atoms with Crippen LogP contribution in [0.25, 0.3) is 11.3 Å². The minimum absolute atomic E-state index is 0.0650. The summed E-state index contributed by atoms with van der Waals surface area (Å²) in [6, 6.07) is 15.0. The van der Waals surface area contributed by atoms with E-state index in [1.54, 1.807) is 0 Å². The second-order valence-electron chi connectivity index (χ2n) is 5.17. The van der Waals surface area contributed by atoms with Gasteiger partial charge in [0.15, 0.2) is 11.7 Å². The number of amides is 1. The summed E-state index contributed by atoms with van der Waals surface area (Å²) in [7, 11) is 0. The number of carbonyl (C=O) groups is 1. The number of ether oxygens (including phenoxy) is 1. The molecule has 2 aromatic carbocycles. The van der Waals surface area contributed by atoms with Gasteiger partial charge in [0.25, 0.3) is 5.91 Å². The number of aryl methyl sites for hydroxylation is 1. The van der Waals surface area contributed by atoms with Crippen molar-refractivity contribution in [3.05, 3.63) is 64.5 Å². The summed E-state index contributed by atoms with van der Waals surface area (Å²) in [6.45, 7) is 1.91. The molecule has 1 N–H and O–H groups in total. The minimum atomic E-state index is -0.253. The molecular formula is C18H15ClN2O2S. The number of hydrogen-bond donors (Lipinski definition) is 1. The molecular weight excluding hydrogens is 344 g/mol. The first kappa shape index (κ1) is 16.5. The molecule has 1 heterocycles. The van der Waals surface area contributed by atoms with Crippen LogP contribution >= 0.6 is 22.9 Å². The van der Waals surface area contributed by atoms with Crippen molar-refractivity contribution in [1.82, 2.24) is 4.98 Å². The molecule has 0 spiro atoms. The Bertz CT molecular complexity index is 863. The fourth-order valence-electron chi connectivity index (χ4n) is 2.13. The molecule has 0 aliphatic heterocycles. The van der Waals surface area contributed by atoms with E-state index >= 15 is 0 Å². The molecule has 6 heteroatoms. The van der Waals surface area contributed by atoms with E-state index in [0.29, 0.717) is 15.9 Å². The van der Waals surface area contributed by atoms with Gasteiger partial charge in [0.05, 0.1) is 5.69 Å². The highest BCUT2D eigenvalue weighted by Gasteiger charge is 2.10. The van der Waals surface area contributed by atoms with E-state index in [9.17, 15) is 4.79 Å². The first-order chi connectivity index (χ1) is 11.6. The van der Waals surface area contributed by atoms with Crippen LogP contribution in [0.5, 0.6) is 5.75 Å². The highest BCUT2D eigenvalue weighted by Crippen LogP contribution is 2.30. The largest absolute Gasteiger partial charge is 0.484 e. The third-order valence-electron chi connectivity index (χ3n) is 3.26. The Morgan fingerprint density at radius 2 is 2.08 bits per heavy atom. The lowest BCUT2D eigenvalue weighted by Crippen LogP contribution is -2.20. The van der Waals surface area contributed by atoms with Gasteiger partial charge in [-0.3, -0.25) is 10.1 Å². The van der Waals surface area contributed by atoms with E-state index in [2.05, 4.69) is 10.3 Å². The predicted octanol–water partition coefficient (Wildman–Crippen LogP) is 4.79. The van der Waals surface area contributed by atoms with Gasteiger partial charge in [-0.15, -0.1) is 11.3 Å². The van der Waals surface area contributed by atoms with Crippen LogP contribution < -0.4 is 10.1 Å². The Morgan fingerprint density at radius 3 is 2.88 bits per heavy atom. The number of benzene rings is 2. The summed E-state index contributed by atoms with van der Waals surface area (Å²) >= 11 is 7.51. The summed E-state index contributed by atoms with van der Waals surface area (Å²) in [6.07, 6.45) is 0. The number of rotatable bonds is 5. The van der Waals surface area contributed by atoms with Crippen molar-refractivity contribution in [1.29, 1.82) is 0 Å². The van der Waals surface area contributed by atoms with Crippen LogP contribution in [-0.4, -0.2) is 17.5 Å². The molecule has 0 bridgehead atoms. The van der Waals surface area contributed by atoms with Gasteiger partial charge in [-0.1, -0.05) is 41.9 Å². The molecule has 0 saturated heterocycles. The standard InChI is InChI=1S/C18H15ClN2O2S/c1-12-5-4-6-13(9-12)23-10-17(22)21-18-20-16(11-24-18)14-7-2-3-8-15(14)19/h2-9,11H,10H2,1H3,(H,20,21,22). The van der Waals surface area contributed by atoms with Crippen LogP contribution in [0.1, 0.15) is 5.56 Å². The van der Waals surface area contributed by atoms with Crippen molar-refractivity contribution >= 4 is 34.0 Å². The summed E-state index contributed by atoms with van der Waals surface area (Å²) in [4.78, 5) is 16.4. The van der Waals surface area contributed by atoms with Crippen LogP contribution in [0.15, 0.2) is 53.9 Å². The molecule has 0 aliphatic rings. The molecule has 1 amide bonds. The lowest BCUT2D eigenvalue weighted by atomic mass is 10.2. The lowest BCUT2D eigenvalue weighted by Gasteiger charge is -2.06. The summed E-state index contributed by atoms with van der Waals surface area (Å²) in [5.41, 5.74) is 2.66. The Hall–Kier alpha value is -2.37. The number of carbonyl (C=O) groups excluding carboxylic acids is 1. The smallest absolute Gasteiger partial charge is 0.264 e. The molecule has 0 unspecified atom stereocenters. The van der Waals surface area contributed by atoms with Crippen LogP contribution in [0.3, 0.4) is 0 Å². The summed E-state index contributed by atoms with van der Waals surface area (Å²) in [5, 5.41) is 5.74. The van der Waals surface area contributed by atoms with Gasteiger partial charge in [0.2, 0.25) is 0 Å². The van der Waals surface area contributed by atoms with E-state index in [0.717, 1.165) is 16.8 Å². The number of aromatic nitrogens is 1. The maximum Gasteiger partial charge on any atom is 0.264 e. The van der Waals surface area contributed by atoms with Gasteiger partial charge in [0.1, 0.15) is 5.75 Å². The van der Waals surface area contributed by atoms with Crippen LogP contribution in [0.4, 0.5) is 5.13 Å². The molecule has 24 heavy (non-hydrogen) atoms. The topological polar surface area (TPSA) is 51.2 Å². The SMILES string of the molecule is Cc1cccc(OCC(=O)Nc2nc(-c3ccccc3Cl)cs2)c1. The first-order valence-electron chi connectivity index (χ1n) is 7.31. The first-order valence-corrected chi connectivity index (χ1v) is 8.57. The third-order valence-corrected chi connectivity index (χ3v) is 4.35. The third kappa shape index (κ3) is 4.13. The molecule has 1 aromatic heterocycles. The Morgan fingerprint density at radius 1 is 1.25 bits per heavy atom. The normalized spacial score (nSPS) is 10.4. The fourth-order valence-corrected chi connectivity index (χ4v) is 3.09. The van der Waals surface area contributed by atoms with Crippen molar-refractivity contribution < 1.29 is 9.53 Å². The summed E-state index contributed by atoms with van der Waals surface area (Å²) in [5.74, 6) is 0.414. The zero-order chi connectivity index (χ0) is 16.9. The zero-order valence-corrected chi connectivity index (χ0v) is 14.5. The number of halogens is 1. The fraction of sp³-hybridized carbons (Fsp3) is 0.111. The summed E-state index contributed by atoms with van der Waals surface area (Å²) < 4.78 is 5.48. The predicted molar refractivity (Wildman–Crippen MR) is 97.9 cm³/mol. The molecule has 0 fully saturated rings. The Balaban J connectivity index is 1.60. The van der Waals surface area contributed by atoms with Gasteiger partial charge in [-0.05, 0) is 30.7 Å². The average Bonchev–Trinajstić information content (AvgIpc) is 3.02. The molecule has 122 valence electrons. The quantitative estimate of drug-likeness (QED) is 0.713. The van der Waals surface area contributed by atoms with E-state index in [1.165, 1.54) is 11.3 Å². The molecule has 0 saturated carbocycles. The van der Waals surface area contributed by atoms with E-state index in [-0.39, 0.29) is 12.5 Å². The maximum atomic E-state index is 12.0. The van der Waals surface area contributed by atoms with Gasteiger partial charge in [0, 0.05) is 16.0 Å². The van der Waals surface area contributed by atoms with Crippen molar-refractivity contribution in [2.24, 2.45) is 0 Å². The van der Waals surface area contributed by atoms with Crippen LogP contribution in [0.2, 0.25) is 5.02 Å². The highest BCUT2D eigenvalue weighted by molar-refractivity contribution is 7.14. The molecule has 3 rings (SSSR count).